The van der Waals surface area contributed by atoms with Crippen LogP contribution < -0.4 is 10.6 Å². The number of allylic oxidation sites excluding steroid dienone is 2. The zero-order valence-corrected chi connectivity index (χ0v) is 11.3. The van der Waals surface area contributed by atoms with E-state index in [-0.39, 0.29) is 0 Å². The van der Waals surface area contributed by atoms with Gasteiger partial charge >= 0.3 is 0 Å². The van der Waals surface area contributed by atoms with Crippen LogP contribution in [0.4, 0.5) is 0 Å². The minimum atomic E-state index is 0.759. The van der Waals surface area contributed by atoms with E-state index in [2.05, 4.69) is 46.6 Å². The van der Waals surface area contributed by atoms with Crippen molar-refractivity contribution in [3.63, 3.8) is 0 Å². The third kappa shape index (κ3) is 3.45. The van der Waals surface area contributed by atoms with E-state index in [1.54, 1.807) is 0 Å². The SMILES string of the molecule is CC(=NCCN=C(C)C1=CCCN1)C1=CCCN1. The molecule has 4 nitrogen and oxygen atoms in total. The van der Waals surface area contributed by atoms with Crippen LogP contribution in [0.25, 0.3) is 0 Å². The minimum Gasteiger partial charge on any atom is -0.384 e. The van der Waals surface area contributed by atoms with E-state index in [4.69, 9.17) is 0 Å². The van der Waals surface area contributed by atoms with Gasteiger partial charge in [0.25, 0.3) is 0 Å². The molecule has 0 aromatic heterocycles. The van der Waals surface area contributed by atoms with Crippen molar-refractivity contribution in [3.8, 4) is 0 Å². The summed E-state index contributed by atoms with van der Waals surface area (Å²) in [5, 5.41) is 6.65. The lowest BCUT2D eigenvalue weighted by atomic mass is 10.3. The van der Waals surface area contributed by atoms with Crippen LogP contribution in [0, 0.1) is 0 Å². The van der Waals surface area contributed by atoms with Gasteiger partial charge in [0, 0.05) is 13.1 Å². The molecule has 2 heterocycles. The number of nitrogens with one attached hydrogen (secondary N) is 2. The quantitative estimate of drug-likeness (QED) is 0.572. The van der Waals surface area contributed by atoms with Crippen LogP contribution in [0.3, 0.4) is 0 Å². The van der Waals surface area contributed by atoms with Crippen molar-refractivity contribution in [2.75, 3.05) is 26.2 Å². The number of nitrogens with zero attached hydrogens (tertiary/aromatic N) is 2. The van der Waals surface area contributed by atoms with Gasteiger partial charge in [0.2, 0.25) is 0 Å². The summed E-state index contributed by atoms with van der Waals surface area (Å²) >= 11 is 0. The highest BCUT2D eigenvalue weighted by Crippen LogP contribution is 2.04. The first-order valence-corrected chi connectivity index (χ1v) is 6.68. The average molecular weight is 246 g/mol. The molecule has 0 saturated heterocycles. The zero-order valence-electron chi connectivity index (χ0n) is 11.3. The maximum Gasteiger partial charge on any atom is 0.0589 e. The average Bonchev–Trinajstić information content (AvgIpc) is 3.05. The van der Waals surface area contributed by atoms with E-state index in [0.717, 1.165) is 50.4 Å². The van der Waals surface area contributed by atoms with Crippen LogP contribution in [-0.2, 0) is 0 Å². The molecule has 0 aromatic rings. The molecular weight excluding hydrogens is 224 g/mol. The smallest absolute Gasteiger partial charge is 0.0589 e. The van der Waals surface area contributed by atoms with Crippen LogP contribution in [0.1, 0.15) is 26.7 Å². The third-order valence-corrected chi connectivity index (χ3v) is 3.19. The Morgan fingerprint density at radius 1 is 0.944 bits per heavy atom. The second kappa shape index (κ2) is 6.38. The Hall–Kier alpha value is -1.58. The van der Waals surface area contributed by atoms with Gasteiger partial charge in [-0.15, -0.1) is 0 Å². The molecule has 98 valence electrons. The molecule has 2 N–H and O–H groups in total. The van der Waals surface area contributed by atoms with Gasteiger partial charge in [-0.3, -0.25) is 9.98 Å². The fraction of sp³-hybridized carbons (Fsp3) is 0.571. The molecule has 0 atom stereocenters. The van der Waals surface area contributed by atoms with E-state index >= 15 is 0 Å². The highest BCUT2D eigenvalue weighted by molar-refractivity contribution is 5.98. The van der Waals surface area contributed by atoms with Gasteiger partial charge in [0.15, 0.2) is 0 Å². The Labute approximate surface area is 109 Å². The molecule has 0 fully saturated rings. The summed E-state index contributed by atoms with van der Waals surface area (Å²) in [6.45, 7) is 7.72. The van der Waals surface area contributed by atoms with E-state index in [0.29, 0.717) is 0 Å². The molecule has 2 rings (SSSR count). The van der Waals surface area contributed by atoms with Gasteiger partial charge in [-0.1, -0.05) is 12.2 Å². The molecule has 18 heavy (non-hydrogen) atoms. The molecule has 0 radical (unpaired) electrons. The van der Waals surface area contributed by atoms with Gasteiger partial charge in [-0.05, 0) is 26.7 Å². The largest absolute Gasteiger partial charge is 0.384 e. The summed E-state index contributed by atoms with van der Waals surface area (Å²) in [6, 6.07) is 0. The third-order valence-electron chi connectivity index (χ3n) is 3.19. The minimum absolute atomic E-state index is 0.759. The molecule has 0 aromatic carbocycles. The molecule has 0 aliphatic carbocycles. The maximum atomic E-state index is 4.54. The molecule has 0 bridgehead atoms. The lowest BCUT2D eigenvalue weighted by Crippen LogP contribution is -2.15. The van der Waals surface area contributed by atoms with Gasteiger partial charge in [0.1, 0.15) is 0 Å². The van der Waals surface area contributed by atoms with Gasteiger partial charge in [-0.2, -0.15) is 0 Å². The van der Waals surface area contributed by atoms with Crippen LogP contribution in [-0.4, -0.2) is 37.6 Å². The number of rotatable bonds is 5. The summed E-state index contributed by atoms with van der Waals surface area (Å²) < 4.78 is 0. The molecule has 0 unspecified atom stereocenters. The topological polar surface area (TPSA) is 48.8 Å². The Morgan fingerprint density at radius 3 is 1.72 bits per heavy atom. The van der Waals surface area contributed by atoms with E-state index in [1.165, 1.54) is 11.4 Å². The van der Waals surface area contributed by atoms with Crippen molar-refractivity contribution in [2.24, 2.45) is 9.98 Å². The molecule has 2 aliphatic heterocycles. The van der Waals surface area contributed by atoms with Crippen molar-refractivity contribution in [3.05, 3.63) is 23.5 Å². The Morgan fingerprint density at radius 2 is 1.39 bits per heavy atom. The first-order chi connectivity index (χ1) is 8.77. The normalized spacial score (nSPS) is 20.3. The second-order valence-electron chi connectivity index (χ2n) is 4.60. The van der Waals surface area contributed by atoms with Crippen LogP contribution in [0.15, 0.2) is 33.5 Å². The summed E-state index contributed by atoms with van der Waals surface area (Å²) in [7, 11) is 0. The first-order valence-electron chi connectivity index (χ1n) is 6.68. The molecule has 4 heteroatoms. The predicted octanol–water partition coefficient (Wildman–Crippen LogP) is 1.66. The molecular formula is C14H22N4. The zero-order chi connectivity index (χ0) is 12.8. The lowest BCUT2D eigenvalue weighted by Gasteiger charge is -2.04. The molecule has 0 saturated carbocycles. The Bertz CT molecular complexity index is 376. The van der Waals surface area contributed by atoms with Crippen molar-refractivity contribution in [1.82, 2.24) is 10.6 Å². The predicted molar refractivity (Wildman–Crippen MR) is 77.4 cm³/mol. The molecule has 2 aliphatic rings. The highest BCUT2D eigenvalue weighted by Gasteiger charge is 2.06. The first kappa shape index (κ1) is 12.9. The Balaban J connectivity index is 1.78. The highest BCUT2D eigenvalue weighted by atomic mass is 14.9. The van der Waals surface area contributed by atoms with Crippen LogP contribution >= 0.6 is 0 Å². The van der Waals surface area contributed by atoms with Crippen molar-refractivity contribution < 1.29 is 0 Å². The second-order valence-corrected chi connectivity index (χ2v) is 4.60. The number of hydrogen-bond acceptors (Lipinski definition) is 4. The number of hydrogen-bond donors (Lipinski definition) is 2. The summed E-state index contributed by atoms with van der Waals surface area (Å²) in [5.74, 6) is 0. The van der Waals surface area contributed by atoms with E-state index in [1.807, 2.05) is 0 Å². The standard InChI is InChI=1S/C14H22N4/c1-11(13-5-3-7-17-13)15-9-10-16-12(2)14-6-4-8-18-14/h5-6,17-18H,3-4,7-10H2,1-2H3. The van der Waals surface area contributed by atoms with Crippen molar-refractivity contribution >= 4 is 11.4 Å². The lowest BCUT2D eigenvalue weighted by molar-refractivity contribution is 0.889. The monoisotopic (exact) mass is 246 g/mol. The maximum absolute atomic E-state index is 4.54. The molecule has 0 amide bonds. The summed E-state index contributed by atoms with van der Waals surface area (Å²) in [5.41, 5.74) is 4.57. The van der Waals surface area contributed by atoms with Crippen LogP contribution in [0.5, 0.6) is 0 Å². The van der Waals surface area contributed by atoms with Crippen molar-refractivity contribution in [2.45, 2.75) is 26.7 Å². The Kier molecular flexibility index (Phi) is 4.56. The molecule has 0 spiro atoms. The van der Waals surface area contributed by atoms with E-state index in [9.17, 15) is 0 Å². The summed E-state index contributed by atoms with van der Waals surface area (Å²) in [6.07, 6.45) is 6.64. The van der Waals surface area contributed by atoms with E-state index < -0.39 is 0 Å². The summed E-state index contributed by atoms with van der Waals surface area (Å²) in [4.78, 5) is 9.09. The van der Waals surface area contributed by atoms with Crippen molar-refractivity contribution in [1.29, 1.82) is 0 Å². The fourth-order valence-electron chi connectivity index (χ4n) is 2.15. The van der Waals surface area contributed by atoms with Gasteiger partial charge in [0.05, 0.1) is 35.9 Å². The van der Waals surface area contributed by atoms with Crippen LogP contribution in [0.2, 0.25) is 0 Å². The number of aliphatic imine (C=N–C) groups is 2. The fourth-order valence-corrected chi connectivity index (χ4v) is 2.15. The van der Waals surface area contributed by atoms with Gasteiger partial charge < -0.3 is 10.6 Å². The van der Waals surface area contributed by atoms with Gasteiger partial charge in [-0.25, -0.2) is 0 Å².